The van der Waals surface area contributed by atoms with Crippen molar-refractivity contribution in [1.29, 1.82) is 0 Å². The van der Waals surface area contributed by atoms with Gasteiger partial charge in [-0.05, 0) is 56.8 Å². The highest BCUT2D eigenvalue weighted by Crippen LogP contribution is 2.41. The number of hydrogen-bond donors (Lipinski definition) is 2. The van der Waals surface area contributed by atoms with E-state index in [1.165, 1.54) is 30.3 Å². The molecule has 0 saturated carbocycles. The van der Waals surface area contributed by atoms with Crippen LogP contribution in [-0.2, 0) is 4.79 Å². The van der Waals surface area contributed by atoms with Gasteiger partial charge in [0.2, 0.25) is 0 Å². The van der Waals surface area contributed by atoms with E-state index in [-0.39, 0.29) is 28.9 Å². The van der Waals surface area contributed by atoms with Gasteiger partial charge in [0.1, 0.15) is 11.5 Å². The molecule has 2 N–H and O–H groups in total. The fraction of sp³-hybridized carbons (Fsp3) is 0.310. The molecule has 0 aliphatic carbocycles. The number of carbonyl (C=O) groups excluding carboxylic acids is 2. The fourth-order valence-electron chi connectivity index (χ4n) is 4.94. The minimum absolute atomic E-state index is 0.112. The lowest BCUT2D eigenvalue weighted by atomic mass is 10.1. The molecule has 4 aromatic rings. The van der Waals surface area contributed by atoms with E-state index in [0.717, 1.165) is 23.0 Å². The Balaban J connectivity index is 1.50. The van der Waals surface area contributed by atoms with Gasteiger partial charge in [-0.25, -0.2) is 9.78 Å². The summed E-state index contributed by atoms with van der Waals surface area (Å²) in [5, 5.41) is 3.96. The van der Waals surface area contributed by atoms with Gasteiger partial charge in [-0.15, -0.1) is 0 Å². The number of rotatable bonds is 7. The topological polar surface area (TPSA) is 113 Å². The van der Waals surface area contributed by atoms with Crippen LogP contribution in [0.3, 0.4) is 0 Å². The zero-order chi connectivity index (χ0) is 30.2. The molecule has 1 atom stereocenters. The maximum atomic E-state index is 13.5. The van der Waals surface area contributed by atoms with Gasteiger partial charge in [0, 0.05) is 30.5 Å². The summed E-state index contributed by atoms with van der Waals surface area (Å²) in [6.45, 7) is 3.35. The number of halogens is 3. The summed E-state index contributed by atoms with van der Waals surface area (Å²) in [4.78, 5) is 41.0. The number of methoxy groups -OCH3 is 1. The molecule has 0 spiro atoms. The minimum atomic E-state index is -5.30. The zero-order valence-corrected chi connectivity index (χ0v) is 23.4. The largest absolute Gasteiger partial charge is 0.491 e. The normalized spacial score (nSPS) is 15.5. The zero-order valence-electron chi connectivity index (χ0n) is 23.4. The molecule has 13 heteroatoms. The predicted molar refractivity (Wildman–Crippen MR) is 150 cm³/mol. The Morgan fingerprint density at radius 1 is 1.14 bits per heavy atom. The van der Waals surface area contributed by atoms with Crippen LogP contribution in [0, 0.1) is 6.92 Å². The number of carbonyl (C=O) groups is 2. The number of alkyl halides is 3. The molecule has 1 aliphatic rings. The van der Waals surface area contributed by atoms with E-state index in [4.69, 9.17) is 9.47 Å². The van der Waals surface area contributed by atoms with Gasteiger partial charge >= 0.3 is 12.1 Å². The summed E-state index contributed by atoms with van der Waals surface area (Å²) in [6.07, 6.45) is -1.62. The molecule has 0 bridgehead atoms. The first-order chi connectivity index (χ1) is 19.9. The lowest BCUT2D eigenvalue weighted by Gasteiger charge is -2.26. The Morgan fingerprint density at radius 3 is 2.62 bits per heavy atom. The Morgan fingerprint density at radius 2 is 1.93 bits per heavy atom. The number of fused-ring (bicyclic) bond motifs is 1. The number of hydrogen-bond acceptors (Lipinski definition) is 8. The van der Waals surface area contributed by atoms with Crippen LogP contribution in [0.25, 0.3) is 22.3 Å². The van der Waals surface area contributed by atoms with Gasteiger partial charge < -0.3 is 29.6 Å². The average Bonchev–Trinajstić information content (AvgIpc) is 3.58. The Hall–Kier alpha value is -4.65. The van der Waals surface area contributed by atoms with Crippen LogP contribution in [0.1, 0.15) is 22.3 Å². The SMILES string of the molecule is COc1c(Nc2cncc(-c3cc4ccc(C)cc4[nH]3)n2)ccc(C(=O)N(C)C2CCN(C)C2)c1OC(=O)C(F)(F)F. The second-order valence-corrected chi connectivity index (χ2v) is 10.2. The first kappa shape index (κ1) is 28.9. The predicted octanol–water partition coefficient (Wildman–Crippen LogP) is 4.93. The maximum Gasteiger partial charge on any atom is 0.491 e. The van der Waals surface area contributed by atoms with Crippen LogP contribution in [-0.4, -0.2) is 83.1 Å². The van der Waals surface area contributed by atoms with E-state index in [1.807, 2.05) is 43.1 Å². The Labute approximate surface area is 239 Å². The summed E-state index contributed by atoms with van der Waals surface area (Å²) in [5.74, 6) is -3.78. The third-order valence-corrected chi connectivity index (χ3v) is 7.16. The average molecular weight is 583 g/mol. The number of aryl methyl sites for hydroxylation is 1. The molecule has 10 nitrogen and oxygen atoms in total. The molecular weight excluding hydrogens is 553 g/mol. The molecule has 220 valence electrons. The molecule has 1 fully saturated rings. The first-order valence-corrected chi connectivity index (χ1v) is 13.1. The highest BCUT2D eigenvalue weighted by atomic mass is 19.4. The standard InChI is InChI=1S/C29H29F3N6O4/c1-16-5-6-17-12-22(34-21(17)11-16)23-13-33-14-24(36-23)35-20-8-7-19(27(39)38(3)18-9-10-37(2)15-18)25(26(20)41-4)42-28(40)29(30,31)32/h5-8,11-14,18,34H,9-10,15H2,1-4H3,(H,35,36). The third kappa shape index (κ3) is 5.86. The van der Waals surface area contributed by atoms with Gasteiger partial charge in [0.05, 0.1) is 36.4 Å². The van der Waals surface area contributed by atoms with Crippen molar-refractivity contribution in [3.63, 3.8) is 0 Å². The van der Waals surface area contributed by atoms with Crippen LogP contribution in [0.2, 0.25) is 0 Å². The van der Waals surface area contributed by atoms with Gasteiger partial charge in [-0.2, -0.15) is 13.2 Å². The van der Waals surface area contributed by atoms with E-state index in [9.17, 15) is 22.8 Å². The monoisotopic (exact) mass is 582 g/mol. The van der Waals surface area contributed by atoms with Gasteiger partial charge in [0.15, 0.2) is 11.5 Å². The molecule has 1 aliphatic heterocycles. The van der Waals surface area contributed by atoms with E-state index in [2.05, 4.69) is 20.3 Å². The van der Waals surface area contributed by atoms with Crippen molar-refractivity contribution in [3.8, 4) is 22.9 Å². The molecule has 2 aromatic carbocycles. The second-order valence-electron chi connectivity index (χ2n) is 10.2. The highest BCUT2D eigenvalue weighted by molar-refractivity contribution is 6.00. The smallest absolute Gasteiger partial charge is 0.491 e. The molecule has 3 heterocycles. The van der Waals surface area contributed by atoms with Crippen LogP contribution >= 0.6 is 0 Å². The van der Waals surface area contributed by atoms with Crippen LogP contribution in [0.5, 0.6) is 11.5 Å². The van der Waals surface area contributed by atoms with E-state index in [0.29, 0.717) is 24.4 Å². The Bertz CT molecular complexity index is 1650. The molecule has 1 unspecified atom stereocenters. The lowest BCUT2D eigenvalue weighted by Crippen LogP contribution is -2.39. The number of aromatic nitrogens is 3. The molecule has 5 rings (SSSR count). The molecule has 42 heavy (non-hydrogen) atoms. The van der Waals surface area contributed by atoms with Crippen molar-refractivity contribution in [2.45, 2.75) is 25.6 Å². The van der Waals surface area contributed by atoms with E-state index in [1.54, 1.807) is 13.2 Å². The number of ether oxygens (including phenoxy) is 2. The maximum absolute atomic E-state index is 13.5. The summed E-state index contributed by atoms with van der Waals surface area (Å²) in [6, 6.07) is 10.5. The number of likely N-dealkylation sites (N-methyl/N-ethyl adjacent to an activating group) is 2. The van der Waals surface area contributed by atoms with Gasteiger partial charge in [-0.3, -0.25) is 9.78 Å². The molecule has 1 saturated heterocycles. The minimum Gasteiger partial charge on any atom is -0.491 e. The van der Waals surface area contributed by atoms with Crippen LogP contribution in [0.4, 0.5) is 24.7 Å². The fourth-order valence-corrected chi connectivity index (χ4v) is 4.94. The summed E-state index contributed by atoms with van der Waals surface area (Å²) < 4.78 is 49.9. The number of nitrogens with zero attached hydrogens (tertiary/aromatic N) is 4. The van der Waals surface area contributed by atoms with Gasteiger partial charge in [-0.1, -0.05) is 12.1 Å². The van der Waals surface area contributed by atoms with Crippen molar-refractivity contribution in [2.75, 3.05) is 39.6 Å². The summed E-state index contributed by atoms with van der Waals surface area (Å²) >= 11 is 0. The third-order valence-electron chi connectivity index (χ3n) is 7.16. The number of anilines is 2. The van der Waals surface area contributed by atoms with E-state index < -0.39 is 23.8 Å². The van der Waals surface area contributed by atoms with E-state index >= 15 is 0 Å². The van der Waals surface area contributed by atoms with Gasteiger partial charge in [0.25, 0.3) is 5.91 Å². The number of nitrogens with one attached hydrogen (secondary N) is 2. The van der Waals surface area contributed by atoms with Crippen LogP contribution in [0.15, 0.2) is 48.8 Å². The second kappa shape index (κ2) is 11.3. The molecule has 1 amide bonds. The van der Waals surface area contributed by atoms with Crippen LogP contribution < -0.4 is 14.8 Å². The van der Waals surface area contributed by atoms with Crippen molar-refractivity contribution in [2.24, 2.45) is 0 Å². The van der Waals surface area contributed by atoms with Crippen molar-refractivity contribution in [1.82, 2.24) is 24.8 Å². The van der Waals surface area contributed by atoms with Crippen molar-refractivity contribution < 1.29 is 32.2 Å². The number of H-pyrrole nitrogens is 1. The molecule has 0 radical (unpaired) electrons. The van der Waals surface area contributed by atoms with Crippen molar-refractivity contribution >= 4 is 34.3 Å². The number of amides is 1. The summed E-state index contributed by atoms with van der Waals surface area (Å²) in [5.41, 5.74) is 3.10. The first-order valence-electron chi connectivity index (χ1n) is 13.1. The number of aromatic amines is 1. The highest BCUT2D eigenvalue weighted by Gasteiger charge is 2.43. The number of likely N-dealkylation sites (tertiary alicyclic amines) is 1. The van der Waals surface area contributed by atoms with Crippen molar-refractivity contribution in [3.05, 3.63) is 59.9 Å². The lowest BCUT2D eigenvalue weighted by molar-refractivity contribution is -0.189. The number of benzene rings is 2. The Kier molecular flexibility index (Phi) is 7.78. The molecular formula is C29H29F3N6O4. The quantitative estimate of drug-likeness (QED) is 0.233. The molecule has 2 aromatic heterocycles. The number of esters is 1. The summed E-state index contributed by atoms with van der Waals surface area (Å²) in [7, 11) is 4.67.